The molecule has 11 heteroatoms. The number of sulfonamides is 1. The Morgan fingerprint density at radius 1 is 1.37 bits per heavy atom. The molecular weight excluding hydrogens is 409 g/mol. The number of carbonyl (C=O) groups excluding carboxylic acids is 1. The lowest BCUT2D eigenvalue weighted by Crippen LogP contribution is -2.47. The number of halogens is 4. The van der Waals surface area contributed by atoms with Crippen LogP contribution in [0.2, 0.25) is 5.02 Å². The van der Waals surface area contributed by atoms with Crippen LogP contribution in [0.3, 0.4) is 0 Å². The Kier molecular flexibility index (Phi) is 6.77. The van der Waals surface area contributed by atoms with Crippen LogP contribution in [0.5, 0.6) is 5.75 Å². The molecule has 1 fully saturated rings. The van der Waals surface area contributed by atoms with E-state index in [0.717, 1.165) is 17.5 Å². The molecule has 1 amide bonds. The van der Waals surface area contributed by atoms with Gasteiger partial charge in [0.1, 0.15) is 5.75 Å². The molecule has 6 nitrogen and oxygen atoms in total. The minimum absolute atomic E-state index is 0.0925. The molecule has 2 rings (SSSR count). The number of amides is 1. The molecule has 1 aromatic rings. The number of rotatable bonds is 6. The molecule has 1 aliphatic rings. The van der Waals surface area contributed by atoms with Gasteiger partial charge in [-0.25, -0.2) is 13.1 Å². The molecule has 0 aliphatic carbocycles. The molecule has 1 aliphatic heterocycles. The van der Waals surface area contributed by atoms with Crippen LogP contribution < -0.4 is 9.46 Å². The summed E-state index contributed by atoms with van der Waals surface area (Å²) in [5.41, 5.74) is -1.06. The number of piperidine rings is 1. The average molecular weight is 427 g/mol. The van der Waals surface area contributed by atoms with Crippen LogP contribution in [0.15, 0.2) is 30.2 Å². The molecule has 0 aromatic heterocycles. The third-order valence-electron chi connectivity index (χ3n) is 4.00. The molecule has 1 N–H and O–H groups in total. The minimum atomic E-state index is -4.66. The van der Waals surface area contributed by atoms with E-state index in [2.05, 4.69) is 11.3 Å². The van der Waals surface area contributed by atoms with Gasteiger partial charge in [0.05, 0.1) is 5.56 Å². The molecule has 0 saturated carbocycles. The summed E-state index contributed by atoms with van der Waals surface area (Å²) >= 11 is 5.59. The first-order valence-corrected chi connectivity index (χ1v) is 9.86. The van der Waals surface area contributed by atoms with Crippen LogP contribution in [0, 0.1) is 0 Å². The third kappa shape index (κ3) is 6.12. The number of benzene rings is 1. The van der Waals surface area contributed by atoms with Crippen molar-refractivity contribution in [3.05, 3.63) is 40.8 Å². The average Bonchev–Trinajstić information content (AvgIpc) is 2.60. The van der Waals surface area contributed by atoms with Crippen molar-refractivity contribution in [2.24, 2.45) is 0 Å². The highest BCUT2D eigenvalue weighted by molar-refractivity contribution is 7.92. The van der Waals surface area contributed by atoms with Gasteiger partial charge in [0.25, 0.3) is 5.91 Å². The van der Waals surface area contributed by atoms with Crippen molar-refractivity contribution < 1.29 is 31.1 Å². The van der Waals surface area contributed by atoms with Crippen molar-refractivity contribution in [3.63, 3.8) is 0 Å². The lowest BCUT2D eigenvalue weighted by molar-refractivity contribution is -0.141. The molecule has 0 radical (unpaired) electrons. The van der Waals surface area contributed by atoms with Crippen molar-refractivity contribution in [1.82, 2.24) is 9.62 Å². The number of ether oxygens (including phenoxy) is 1. The maximum atomic E-state index is 13.0. The number of carbonyl (C=O) groups is 1. The number of hydrogen-bond acceptors (Lipinski definition) is 4. The number of nitrogens with one attached hydrogen (secondary N) is 1. The highest BCUT2D eigenvalue weighted by atomic mass is 35.5. The van der Waals surface area contributed by atoms with Crippen molar-refractivity contribution in [1.29, 1.82) is 0 Å². The molecule has 1 saturated heterocycles. The summed E-state index contributed by atoms with van der Waals surface area (Å²) in [7, 11) is -3.56. The van der Waals surface area contributed by atoms with Crippen molar-refractivity contribution >= 4 is 27.5 Å². The van der Waals surface area contributed by atoms with E-state index >= 15 is 0 Å². The van der Waals surface area contributed by atoms with Crippen LogP contribution in [0.25, 0.3) is 0 Å². The number of alkyl halides is 3. The highest BCUT2D eigenvalue weighted by Gasteiger charge is 2.35. The van der Waals surface area contributed by atoms with Gasteiger partial charge in [0.2, 0.25) is 10.0 Å². The third-order valence-corrected chi connectivity index (χ3v) is 5.33. The molecule has 0 bridgehead atoms. The summed E-state index contributed by atoms with van der Waals surface area (Å²) in [5, 5.41) is 0.716. The fraction of sp³-hybridized carbons (Fsp3) is 0.438. The van der Waals surface area contributed by atoms with Crippen molar-refractivity contribution in [2.45, 2.75) is 25.1 Å². The van der Waals surface area contributed by atoms with Gasteiger partial charge in [0, 0.05) is 29.6 Å². The summed E-state index contributed by atoms with van der Waals surface area (Å²) in [6.07, 6.45) is -3.90. The van der Waals surface area contributed by atoms with E-state index < -0.39 is 40.0 Å². The molecule has 150 valence electrons. The van der Waals surface area contributed by atoms with Gasteiger partial charge >= 0.3 is 6.18 Å². The van der Waals surface area contributed by atoms with Crippen LogP contribution in [0.4, 0.5) is 13.2 Å². The second-order valence-electron chi connectivity index (χ2n) is 5.91. The van der Waals surface area contributed by atoms with Gasteiger partial charge in [-0.15, -0.1) is 0 Å². The van der Waals surface area contributed by atoms with Crippen molar-refractivity contribution in [3.8, 4) is 5.75 Å². The predicted molar refractivity (Wildman–Crippen MR) is 93.8 cm³/mol. The fourth-order valence-electron chi connectivity index (χ4n) is 2.61. The Balaban J connectivity index is 1.92. The van der Waals surface area contributed by atoms with E-state index in [0.29, 0.717) is 12.8 Å². The molecule has 0 atom stereocenters. The predicted octanol–water partition coefficient (Wildman–Crippen LogP) is 2.79. The SMILES string of the molecule is C=CS(=O)(=O)NC1CCN(C(=O)COc2ccc(Cl)cc2C(F)(F)F)CC1. The maximum absolute atomic E-state index is 13.0. The summed E-state index contributed by atoms with van der Waals surface area (Å²) in [4.78, 5) is 13.6. The van der Waals surface area contributed by atoms with Gasteiger partial charge in [-0.2, -0.15) is 13.2 Å². The topological polar surface area (TPSA) is 75.7 Å². The van der Waals surface area contributed by atoms with Gasteiger partial charge in [0.15, 0.2) is 6.61 Å². The number of hydrogen-bond donors (Lipinski definition) is 1. The highest BCUT2D eigenvalue weighted by Crippen LogP contribution is 2.37. The molecular formula is C16H18ClF3N2O4S. The van der Waals surface area contributed by atoms with E-state index in [1.54, 1.807) is 0 Å². The second-order valence-corrected chi connectivity index (χ2v) is 8.01. The molecule has 27 heavy (non-hydrogen) atoms. The van der Waals surface area contributed by atoms with Crippen molar-refractivity contribution in [2.75, 3.05) is 19.7 Å². The maximum Gasteiger partial charge on any atom is 0.420 e. The Morgan fingerprint density at radius 2 is 2.00 bits per heavy atom. The lowest BCUT2D eigenvalue weighted by atomic mass is 10.1. The standard InChI is InChI=1S/C16H18ClF3N2O4S/c1-2-27(24,25)21-12-5-7-22(8-6-12)15(23)10-26-14-4-3-11(17)9-13(14)16(18,19)20/h2-4,9,12,21H,1,5-8,10H2. The second kappa shape index (κ2) is 8.49. The summed E-state index contributed by atoms with van der Waals surface area (Å²) in [6, 6.07) is 2.72. The normalized spacial score (nSPS) is 16.2. The summed E-state index contributed by atoms with van der Waals surface area (Å²) < 4.78 is 69.5. The molecule has 1 aromatic carbocycles. The number of nitrogens with zero attached hydrogens (tertiary/aromatic N) is 1. The van der Waals surface area contributed by atoms with Crippen LogP contribution in [0.1, 0.15) is 18.4 Å². The van der Waals surface area contributed by atoms with E-state index in [4.69, 9.17) is 16.3 Å². The molecule has 1 heterocycles. The molecule has 0 unspecified atom stereocenters. The summed E-state index contributed by atoms with van der Waals surface area (Å²) in [5.74, 6) is -0.961. The zero-order valence-electron chi connectivity index (χ0n) is 14.1. The smallest absolute Gasteiger partial charge is 0.420 e. The summed E-state index contributed by atoms with van der Waals surface area (Å²) in [6.45, 7) is 3.17. The van der Waals surface area contributed by atoms with Gasteiger partial charge < -0.3 is 9.64 Å². The van der Waals surface area contributed by atoms with E-state index in [9.17, 15) is 26.4 Å². The largest absolute Gasteiger partial charge is 0.483 e. The first-order valence-electron chi connectivity index (χ1n) is 7.94. The minimum Gasteiger partial charge on any atom is -0.483 e. The van der Waals surface area contributed by atoms with E-state index in [-0.39, 0.29) is 24.2 Å². The Hall–Kier alpha value is -1.78. The number of likely N-dealkylation sites (tertiary alicyclic amines) is 1. The van der Waals surface area contributed by atoms with Gasteiger partial charge in [-0.1, -0.05) is 18.2 Å². The zero-order chi connectivity index (χ0) is 20.2. The lowest BCUT2D eigenvalue weighted by Gasteiger charge is -2.32. The van der Waals surface area contributed by atoms with Gasteiger partial charge in [-0.05, 0) is 31.0 Å². The Bertz CT molecular complexity index is 806. The molecule has 0 spiro atoms. The Labute approximate surface area is 160 Å². The fourth-order valence-corrected chi connectivity index (χ4v) is 3.58. The van der Waals surface area contributed by atoms with E-state index in [1.165, 1.54) is 11.0 Å². The van der Waals surface area contributed by atoms with Gasteiger partial charge in [-0.3, -0.25) is 4.79 Å². The first kappa shape index (κ1) is 21.5. The first-order chi connectivity index (χ1) is 12.5. The quantitative estimate of drug-likeness (QED) is 0.759. The van der Waals surface area contributed by atoms with E-state index in [1.807, 2.05) is 0 Å². The van der Waals surface area contributed by atoms with Crippen LogP contribution in [-0.4, -0.2) is 45.0 Å². The Morgan fingerprint density at radius 3 is 2.56 bits per heavy atom. The van der Waals surface area contributed by atoms with Crippen LogP contribution in [-0.2, 0) is 21.0 Å². The monoisotopic (exact) mass is 426 g/mol. The zero-order valence-corrected chi connectivity index (χ0v) is 15.7. The van der Waals surface area contributed by atoms with Crippen LogP contribution >= 0.6 is 11.6 Å².